The lowest BCUT2D eigenvalue weighted by atomic mass is 10.1. The van der Waals surface area contributed by atoms with Crippen LogP contribution in [0, 0.1) is 6.92 Å². The summed E-state index contributed by atoms with van der Waals surface area (Å²) >= 11 is 12.5. The zero-order valence-electron chi connectivity index (χ0n) is 15.2. The van der Waals surface area contributed by atoms with Gasteiger partial charge in [0.15, 0.2) is 4.84 Å². The molecule has 1 fully saturated rings. The molecule has 0 aliphatic carbocycles. The van der Waals surface area contributed by atoms with Crippen molar-refractivity contribution in [2.45, 2.75) is 18.2 Å². The summed E-state index contributed by atoms with van der Waals surface area (Å²) in [4.78, 5) is 19.6. The molecule has 1 aliphatic heterocycles. The van der Waals surface area contributed by atoms with Crippen LogP contribution < -0.4 is 10.2 Å². The first-order valence-electron chi connectivity index (χ1n) is 8.92. The van der Waals surface area contributed by atoms with E-state index in [4.69, 9.17) is 28.2 Å². The Kier molecular flexibility index (Phi) is 7.29. The highest BCUT2D eigenvalue weighted by atomic mass is 35.5. The first-order chi connectivity index (χ1) is 13.0. The number of anilines is 1. The molecule has 2 aromatic rings. The molecule has 9 heteroatoms. The fourth-order valence-corrected chi connectivity index (χ4v) is 3.80. The molecule has 1 aromatic carbocycles. The van der Waals surface area contributed by atoms with Gasteiger partial charge in [-0.3, -0.25) is 9.69 Å². The van der Waals surface area contributed by atoms with E-state index in [1.165, 1.54) is 22.7 Å². The van der Waals surface area contributed by atoms with E-state index >= 15 is 0 Å². The van der Waals surface area contributed by atoms with Crippen LogP contribution in [0.5, 0.6) is 0 Å². The number of aromatic nitrogens is 2. The fraction of sp³-hybridized carbons (Fsp3) is 0.500. The summed E-state index contributed by atoms with van der Waals surface area (Å²) in [5, 5.41) is 3.71. The summed E-state index contributed by atoms with van der Waals surface area (Å²) in [5.41, 5.74) is 2.49. The number of carbonyl (C=O) groups excluding carboxylic acids is 1. The predicted octanol–water partition coefficient (Wildman–Crippen LogP) is 2.48. The number of hydrogen-bond acceptors (Lipinski definition) is 6. The van der Waals surface area contributed by atoms with E-state index in [-0.39, 0.29) is 5.91 Å². The summed E-state index contributed by atoms with van der Waals surface area (Å²) in [6.45, 7) is 7.08. The van der Waals surface area contributed by atoms with Gasteiger partial charge in [0.25, 0.3) is 5.91 Å². The molecule has 0 bridgehead atoms. The Morgan fingerprint density at radius 2 is 1.93 bits per heavy atom. The van der Waals surface area contributed by atoms with E-state index in [1.807, 2.05) is 0 Å². The molecule has 1 amide bonds. The molecule has 27 heavy (non-hydrogen) atoms. The highest BCUT2D eigenvalue weighted by molar-refractivity contribution is 7.09. The zero-order chi connectivity index (χ0) is 19.2. The van der Waals surface area contributed by atoms with Crippen LogP contribution in [0.4, 0.5) is 5.13 Å². The summed E-state index contributed by atoms with van der Waals surface area (Å²) in [6, 6.07) is 8.49. The quantitative estimate of drug-likeness (QED) is 0.687. The lowest BCUT2D eigenvalue weighted by Crippen LogP contribution is -2.48. The molecule has 146 valence electrons. The van der Waals surface area contributed by atoms with Gasteiger partial charge >= 0.3 is 0 Å². The average Bonchev–Trinajstić information content (AvgIpc) is 3.12. The number of aryl methyl sites for hydroxylation is 1. The van der Waals surface area contributed by atoms with Crippen molar-refractivity contribution in [2.75, 3.05) is 44.2 Å². The maximum absolute atomic E-state index is 11.4. The van der Waals surface area contributed by atoms with Crippen molar-refractivity contribution in [1.82, 2.24) is 19.6 Å². The number of nitrogens with one attached hydrogen (secondary N) is 1. The third-order valence-corrected chi connectivity index (χ3v) is 5.72. The summed E-state index contributed by atoms with van der Waals surface area (Å²) in [5.74, 6) is 0.535. The number of alkyl halides is 2. The molecule has 0 atom stereocenters. The maximum atomic E-state index is 11.4. The van der Waals surface area contributed by atoms with Crippen molar-refractivity contribution in [2.24, 2.45) is 0 Å². The summed E-state index contributed by atoms with van der Waals surface area (Å²) in [7, 11) is 0. The van der Waals surface area contributed by atoms with Gasteiger partial charge in [0.05, 0.1) is 0 Å². The molecule has 0 unspecified atom stereocenters. The number of benzene rings is 1. The Balaban J connectivity index is 1.44. The number of hydrogen-bond donors (Lipinski definition) is 1. The molecule has 3 rings (SSSR count). The van der Waals surface area contributed by atoms with Gasteiger partial charge in [-0.25, -0.2) is 4.98 Å². The molecule has 1 N–H and O–H groups in total. The molecule has 1 aromatic heterocycles. The Morgan fingerprint density at radius 3 is 2.59 bits per heavy atom. The van der Waals surface area contributed by atoms with E-state index < -0.39 is 4.84 Å². The normalized spacial score (nSPS) is 15.3. The summed E-state index contributed by atoms with van der Waals surface area (Å²) in [6.07, 6.45) is 0.762. The third-order valence-electron chi connectivity index (χ3n) is 4.51. The number of amides is 1. The largest absolute Gasteiger partial charge is 0.352 e. The van der Waals surface area contributed by atoms with E-state index in [2.05, 4.69) is 50.7 Å². The zero-order valence-corrected chi connectivity index (χ0v) is 17.5. The second kappa shape index (κ2) is 9.68. The first kappa shape index (κ1) is 20.3. The van der Waals surface area contributed by atoms with Crippen LogP contribution in [0.15, 0.2) is 24.3 Å². The average molecular weight is 428 g/mol. The lowest BCUT2D eigenvalue weighted by molar-refractivity contribution is -0.119. The lowest BCUT2D eigenvalue weighted by Gasteiger charge is -2.34. The Morgan fingerprint density at radius 1 is 1.22 bits per heavy atom. The Labute approximate surface area is 173 Å². The van der Waals surface area contributed by atoms with E-state index in [1.54, 1.807) is 0 Å². The standard InChI is InChI=1S/C18H23Cl2N5OS/c1-13-2-4-14(5-3-13)12-15-22-18(27-23-15)25-10-8-24(9-11-25)7-6-21-17(26)16(19)20/h2-5,16H,6-12H2,1H3,(H,21,26). The minimum Gasteiger partial charge on any atom is -0.352 e. The molecule has 0 saturated carbocycles. The van der Waals surface area contributed by atoms with E-state index in [9.17, 15) is 4.79 Å². The van der Waals surface area contributed by atoms with Crippen molar-refractivity contribution in [3.05, 3.63) is 41.2 Å². The molecular weight excluding hydrogens is 405 g/mol. The van der Waals surface area contributed by atoms with Crippen LogP contribution in [0.3, 0.4) is 0 Å². The number of halogens is 2. The van der Waals surface area contributed by atoms with Gasteiger partial charge in [0, 0.05) is 57.2 Å². The van der Waals surface area contributed by atoms with Crippen LogP contribution in [0.25, 0.3) is 0 Å². The molecule has 6 nitrogen and oxygen atoms in total. The third kappa shape index (κ3) is 6.04. The molecule has 1 aliphatic rings. The number of piperazine rings is 1. The van der Waals surface area contributed by atoms with Gasteiger partial charge < -0.3 is 10.2 Å². The van der Waals surface area contributed by atoms with Crippen molar-refractivity contribution in [3.63, 3.8) is 0 Å². The van der Waals surface area contributed by atoms with Crippen LogP contribution in [-0.4, -0.2) is 64.3 Å². The second-order valence-electron chi connectivity index (χ2n) is 6.58. The SMILES string of the molecule is Cc1ccc(Cc2nsc(N3CCN(CCNC(=O)C(Cl)Cl)CC3)n2)cc1. The Hall–Kier alpha value is -1.41. The first-order valence-corrected chi connectivity index (χ1v) is 10.6. The molecule has 0 spiro atoms. The number of carbonyl (C=O) groups is 1. The van der Waals surface area contributed by atoms with Gasteiger partial charge in [0.2, 0.25) is 5.13 Å². The predicted molar refractivity (Wildman–Crippen MR) is 111 cm³/mol. The Bertz CT molecular complexity index is 744. The van der Waals surface area contributed by atoms with Crippen LogP contribution in [-0.2, 0) is 11.2 Å². The van der Waals surface area contributed by atoms with Crippen LogP contribution in [0.2, 0.25) is 0 Å². The van der Waals surface area contributed by atoms with Gasteiger partial charge in [-0.1, -0.05) is 53.0 Å². The minimum atomic E-state index is -1.01. The molecule has 2 heterocycles. The molecule has 1 saturated heterocycles. The monoisotopic (exact) mass is 427 g/mol. The van der Waals surface area contributed by atoms with Crippen LogP contribution >= 0.6 is 34.7 Å². The van der Waals surface area contributed by atoms with Crippen molar-refractivity contribution in [3.8, 4) is 0 Å². The van der Waals surface area contributed by atoms with E-state index in [0.717, 1.165) is 50.1 Å². The fourth-order valence-electron chi connectivity index (χ4n) is 2.91. The van der Waals surface area contributed by atoms with Gasteiger partial charge in [0.1, 0.15) is 5.82 Å². The van der Waals surface area contributed by atoms with Crippen molar-refractivity contribution >= 4 is 45.8 Å². The number of nitrogens with zero attached hydrogens (tertiary/aromatic N) is 4. The second-order valence-corrected chi connectivity index (χ2v) is 8.40. The van der Waals surface area contributed by atoms with Gasteiger partial charge in [-0.2, -0.15) is 4.37 Å². The van der Waals surface area contributed by atoms with Crippen molar-refractivity contribution < 1.29 is 4.79 Å². The number of rotatable bonds is 7. The van der Waals surface area contributed by atoms with Crippen LogP contribution in [0.1, 0.15) is 17.0 Å². The van der Waals surface area contributed by atoms with E-state index in [0.29, 0.717) is 6.54 Å². The summed E-state index contributed by atoms with van der Waals surface area (Å²) < 4.78 is 4.52. The smallest absolute Gasteiger partial charge is 0.253 e. The van der Waals surface area contributed by atoms with Gasteiger partial charge in [-0.05, 0) is 12.5 Å². The highest BCUT2D eigenvalue weighted by Gasteiger charge is 2.20. The minimum absolute atomic E-state index is 0.341. The van der Waals surface area contributed by atoms with Gasteiger partial charge in [-0.15, -0.1) is 0 Å². The molecule has 0 radical (unpaired) electrons. The highest BCUT2D eigenvalue weighted by Crippen LogP contribution is 2.20. The van der Waals surface area contributed by atoms with Crippen molar-refractivity contribution in [1.29, 1.82) is 0 Å². The topological polar surface area (TPSA) is 61.4 Å². The maximum Gasteiger partial charge on any atom is 0.253 e. The molecular formula is C18H23Cl2N5OS.